The summed E-state index contributed by atoms with van der Waals surface area (Å²) in [4.78, 5) is 36.1. The van der Waals surface area contributed by atoms with Crippen LogP contribution in [0.5, 0.6) is 5.75 Å². The van der Waals surface area contributed by atoms with Gasteiger partial charge in [-0.05, 0) is 64.0 Å². The summed E-state index contributed by atoms with van der Waals surface area (Å²) in [6.45, 7) is 0. The second-order valence-corrected chi connectivity index (χ2v) is 7.20. The van der Waals surface area contributed by atoms with Crippen LogP contribution in [0, 0.1) is 10.1 Å². The number of hydrogen-bond donors (Lipinski definition) is 3. The lowest BCUT2D eigenvalue weighted by molar-refractivity contribution is -0.384. The van der Waals surface area contributed by atoms with E-state index in [9.17, 15) is 24.8 Å². The Morgan fingerprint density at radius 2 is 1.71 bits per heavy atom. The Kier molecular flexibility index (Phi) is 6.78. The van der Waals surface area contributed by atoms with E-state index in [4.69, 9.17) is 0 Å². The summed E-state index contributed by atoms with van der Waals surface area (Å²) in [6.07, 6.45) is 1.34. The lowest BCUT2D eigenvalue weighted by Gasteiger charge is -2.12. The zero-order chi connectivity index (χ0) is 22.4. The van der Waals surface area contributed by atoms with Crippen LogP contribution in [0.4, 0.5) is 11.4 Å². The molecule has 0 fully saturated rings. The number of amides is 2. The topological polar surface area (TPSA) is 122 Å². The molecule has 0 saturated carbocycles. The average Bonchev–Trinajstić information content (AvgIpc) is 2.75. The van der Waals surface area contributed by atoms with Crippen LogP contribution in [0.1, 0.15) is 15.9 Å². The summed E-state index contributed by atoms with van der Waals surface area (Å²) in [5.41, 5.74) is 0.795. The number of halogens is 1. The van der Waals surface area contributed by atoms with Crippen LogP contribution in [0.3, 0.4) is 0 Å². The molecule has 8 nitrogen and oxygen atoms in total. The molecule has 0 saturated heterocycles. The lowest BCUT2D eigenvalue weighted by Crippen LogP contribution is -2.31. The van der Waals surface area contributed by atoms with E-state index in [1.54, 1.807) is 30.3 Å². The molecule has 9 heteroatoms. The summed E-state index contributed by atoms with van der Waals surface area (Å²) in [6, 6.07) is 18.2. The van der Waals surface area contributed by atoms with Gasteiger partial charge in [-0.25, -0.2) is 0 Å². The van der Waals surface area contributed by atoms with Crippen LogP contribution in [0.15, 0.2) is 83.0 Å². The molecule has 3 N–H and O–H groups in total. The zero-order valence-electron chi connectivity index (χ0n) is 15.9. The fourth-order valence-electron chi connectivity index (χ4n) is 2.63. The second kappa shape index (κ2) is 9.68. The SMILES string of the molecule is O=C(Nc1ccc(O)cc1)C(=Cc1cccc([N+](=O)[O-])c1)NC(=O)c1ccccc1Br. The van der Waals surface area contributed by atoms with Crippen molar-refractivity contribution < 1.29 is 19.6 Å². The van der Waals surface area contributed by atoms with Crippen molar-refractivity contribution in [2.24, 2.45) is 0 Å². The van der Waals surface area contributed by atoms with Crippen molar-refractivity contribution in [3.63, 3.8) is 0 Å². The first kappa shape index (κ1) is 21.7. The molecule has 3 aromatic carbocycles. The van der Waals surface area contributed by atoms with Gasteiger partial charge in [0.25, 0.3) is 17.5 Å². The van der Waals surface area contributed by atoms with Crippen LogP contribution in [0.25, 0.3) is 6.08 Å². The molecule has 0 aliphatic rings. The van der Waals surface area contributed by atoms with E-state index in [1.165, 1.54) is 48.5 Å². The summed E-state index contributed by atoms with van der Waals surface area (Å²) in [5, 5.41) is 25.6. The Labute approximate surface area is 185 Å². The second-order valence-electron chi connectivity index (χ2n) is 6.35. The maximum Gasteiger partial charge on any atom is 0.272 e. The summed E-state index contributed by atoms with van der Waals surface area (Å²) in [5.74, 6) is -1.14. The molecule has 0 spiro atoms. The quantitative estimate of drug-likeness (QED) is 0.207. The highest BCUT2D eigenvalue weighted by molar-refractivity contribution is 9.10. The molecule has 0 aromatic heterocycles. The van der Waals surface area contributed by atoms with E-state index in [0.29, 0.717) is 21.3 Å². The fourth-order valence-corrected chi connectivity index (χ4v) is 3.10. The van der Waals surface area contributed by atoms with Gasteiger partial charge >= 0.3 is 0 Å². The van der Waals surface area contributed by atoms with E-state index >= 15 is 0 Å². The Morgan fingerprint density at radius 1 is 1.00 bits per heavy atom. The number of aromatic hydroxyl groups is 1. The van der Waals surface area contributed by atoms with Crippen molar-refractivity contribution in [1.29, 1.82) is 0 Å². The van der Waals surface area contributed by atoms with Crippen molar-refractivity contribution >= 4 is 45.2 Å². The van der Waals surface area contributed by atoms with Crippen molar-refractivity contribution in [2.75, 3.05) is 5.32 Å². The zero-order valence-corrected chi connectivity index (χ0v) is 17.5. The number of hydrogen-bond acceptors (Lipinski definition) is 5. The summed E-state index contributed by atoms with van der Waals surface area (Å²) >= 11 is 3.30. The number of nitro benzene ring substituents is 1. The molecule has 2 amide bonds. The first-order valence-corrected chi connectivity index (χ1v) is 9.75. The highest BCUT2D eigenvalue weighted by Gasteiger charge is 2.17. The van der Waals surface area contributed by atoms with Gasteiger partial charge in [0.1, 0.15) is 11.4 Å². The maximum absolute atomic E-state index is 12.9. The number of benzene rings is 3. The van der Waals surface area contributed by atoms with Crippen LogP contribution in [0.2, 0.25) is 0 Å². The lowest BCUT2D eigenvalue weighted by atomic mass is 10.1. The van der Waals surface area contributed by atoms with Gasteiger partial charge in [-0.15, -0.1) is 0 Å². The van der Waals surface area contributed by atoms with Gasteiger partial charge in [0.2, 0.25) is 0 Å². The number of anilines is 1. The fraction of sp³-hybridized carbons (Fsp3) is 0. The number of carbonyl (C=O) groups is 2. The van der Waals surface area contributed by atoms with Crippen molar-refractivity contribution in [1.82, 2.24) is 5.32 Å². The third kappa shape index (κ3) is 5.77. The molecule has 0 bridgehead atoms. The summed E-state index contributed by atoms with van der Waals surface area (Å²) in [7, 11) is 0. The number of non-ortho nitro benzene ring substituents is 1. The predicted molar refractivity (Wildman–Crippen MR) is 119 cm³/mol. The van der Waals surface area contributed by atoms with E-state index < -0.39 is 16.7 Å². The number of phenolic OH excluding ortho intramolecular Hbond substituents is 1. The van der Waals surface area contributed by atoms with Crippen LogP contribution in [-0.4, -0.2) is 21.8 Å². The smallest absolute Gasteiger partial charge is 0.272 e. The van der Waals surface area contributed by atoms with Crippen LogP contribution >= 0.6 is 15.9 Å². The standard InChI is InChI=1S/C22H16BrN3O5/c23-19-7-2-1-6-18(19)21(28)25-20(13-14-4-3-5-16(12-14)26(30)31)22(29)24-15-8-10-17(27)11-9-15/h1-13,27H,(H,24,29)(H,25,28). The van der Waals surface area contributed by atoms with Crippen LogP contribution in [-0.2, 0) is 4.79 Å². The van der Waals surface area contributed by atoms with Gasteiger partial charge in [-0.2, -0.15) is 0 Å². The number of rotatable bonds is 6. The molecular formula is C22H16BrN3O5. The molecule has 0 aliphatic carbocycles. The normalized spacial score (nSPS) is 10.9. The molecule has 3 rings (SSSR count). The largest absolute Gasteiger partial charge is 0.508 e. The van der Waals surface area contributed by atoms with E-state index in [2.05, 4.69) is 26.6 Å². The third-order valence-corrected chi connectivity index (χ3v) is 4.82. The number of nitrogens with one attached hydrogen (secondary N) is 2. The molecule has 0 atom stereocenters. The first-order chi connectivity index (χ1) is 14.8. The minimum atomic E-state index is -0.641. The Hall–Kier alpha value is -3.98. The molecule has 0 radical (unpaired) electrons. The Morgan fingerprint density at radius 3 is 2.39 bits per heavy atom. The average molecular weight is 482 g/mol. The number of phenols is 1. The third-order valence-electron chi connectivity index (χ3n) is 4.13. The molecule has 3 aromatic rings. The number of nitrogens with zero attached hydrogens (tertiary/aromatic N) is 1. The molecule has 0 aliphatic heterocycles. The monoisotopic (exact) mass is 481 g/mol. The molecular weight excluding hydrogens is 466 g/mol. The minimum absolute atomic E-state index is 0.0348. The van der Waals surface area contributed by atoms with Gasteiger partial charge < -0.3 is 15.7 Å². The van der Waals surface area contributed by atoms with E-state index in [0.717, 1.165) is 0 Å². The van der Waals surface area contributed by atoms with Crippen molar-refractivity contribution in [3.05, 3.63) is 104 Å². The predicted octanol–water partition coefficient (Wildman–Crippen LogP) is 4.47. The minimum Gasteiger partial charge on any atom is -0.508 e. The van der Waals surface area contributed by atoms with Gasteiger partial charge in [0, 0.05) is 22.3 Å². The highest BCUT2D eigenvalue weighted by atomic mass is 79.9. The van der Waals surface area contributed by atoms with Gasteiger partial charge in [0.15, 0.2) is 0 Å². The maximum atomic E-state index is 12.9. The molecule has 31 heavy (non-hydrogen) atoms. The molecule has 156 valence electrons. The van der Waals surface area contributed by atoms with Crippen LogP contribution < -0.4 is 10.6 Å². The molecule has 0 unspecified atom stereocenters. The van der Waals surface area contributed by atoms with Crippen molar-refractivity contribution in [2.45, 2.75) is 0 Å². The first-order valence-electron chi connectivity index (χ1n) is 8.96. The highest BCUT2D eigenvalue weighted by Crippen LogP contribution is 2.19. The van der Waals surface area contributed by atoms with Gasteiger partial charge in [-0.3, -0.25) is 19.7 Å². The van der Waals surface area contributed by atoms with E-state index in [1.807, 2.05) is 0 Å². The molecule has 0 heterocycles. The number of carbonyl (C=O) groups excluding carboxylic acids is 2. The summed E-state index contributed by atoms with van der Waals surface area (Å²) < 4.78 is 0.543. The Balaban J connectivity index is 1.94. The number of nitro groups is 1. The van der Waals surface area contributed by atoms with Gasteiger partial charge in [-0.1, -0.05) is 24.3 Å². The van der Waals surface area contributed by atoms with Crippen molar-refractivity contribution in [3.8, 4) is 5.75 Å². The van der Waals surface area contributed by atoms with Gasteiger partial charge in [0.05, 0.1) is 10.5 Å². The van der Waals surface area contributed by atoms with E-state index in [-0.39, 0.29) is 17.1 Å². The Bertz CT molecular complexity index is 1180.